The third-order valence-corrected chi connectivity index (χ3v) is 4.52. The Morgan fingerprint density at radius 1 is 1.14 bits per heavy atom. The molecule has 0 bridgehead atoms. The van der Waals surface area contributed by atoms with Crippen LogP contribution in [0.3, 0.4) is 0 Å². The average Bonchev–Trinajstić information content (AvgIpc) is 2.99. The van der Waals surface area contributed by atoms with Crippen molar-refractivity contribution in [1.82, 2.24) is 4.98 Å². The van der Waals surface area contributed by atoms with E-state index in [2.05, 4.69) is 20.9 Å². The number of nitrogens with zero attached hydrogens (tertiary/aromatic N) is 1. The van der Waals surface area contributed by atoms with Gasteiger partial charge in [-0.1, -0.05) is 40.2 Å². The number of hydrogen-bond donors (Lipinski definition) is 1. The molecule has 106 valence electrons. The van der Waals surface area contributed by atoms with Crippen LogP contribution < -0.4 is 5.73 Å². The van der Waals surface area contributed by atoms with E-state index >= 15 is 0 Å². The highest BCUT2D eigenvalue weighted by Crippen LogP contribution is 2.32. The van der Waals surface area contributed by atoms with Crippen molar-refractivity contribution in [2.45, 2.75) is 6.54 Å². The molecular weight excluding hydrogens is 351 g/mol. The van der Waals surface area contributed by atoms with Crippen LogP contribution in [0, 0.1) is 5.82 Å². The van der Waals surface area contributed by atoms with Crippen LogP contribution in [0.25, 0.3) is 21.8 Å². The molecule has 0 saturated carbocycles. The van der Waals surface area contributed by atoms with Gasteiger partial charge in [-0.3, -0.25) is 0 Å². The van der Waals surface area contributed by atoms with Gasteiger partial charge in [0.05, 0.1) is 5.69 Å². The van der Waals surface area contributed by atoms with E-state index in [4.69, 9.17) is 5.73 Å². The minimum absolute atomic E-state index is 0.266. The first-order chi connectivity index (χ1) is 10.2. The van der Waals surface area contributed by atoms with Gasteiger partial charge in [0.15, 0.2) is 0 Å². The molecule has 0 radical (unpaired) electrons. The second-order valence-electron chi connectivity index (χ2n) is 4.56. The predicted octanol–water partition coefficient (Wildman–Crippen LogP) is 4.84. The lowest BCUT2D eigenvalue weighted by atomic mass is 10.1. The molecule has 1 aromatic heterocycles. The maximum absolute atomic E-state index is 13.9. The first kappa shape index (κ1) is 14.4. The second kappa shape index (κ2) is 6.05. The summed E-state index contributed by atoms with van der Waals surface area (Å²) < 4.78 is 14.7. The van der Waals surface area contributed by atoms with Gasteiger partial charge in [-0.25, -0.2) is 9.37 Å². The van der Waals surface area contributed by atoms with Crippen LogP contribution in [0.5, 0.6) is 0 Å². The molecule has 0 aliphatic heterocycles. The molecule has 2 N–H and O–H groups in total. The molecule has 3 rings (SSSR count). The summed E-state index contributed by atoms with van der Waals surface area (Å²) in [6.07, 6.45) is 0. The van der Waals surface area contributed by atoms with Crippen molar-refractivity contribution >= 4 is 27.3 Å². The summed E-state index contributed by atoms with van der Waals surface area (Å²) in [5, 5.41) is 2.61. The highest BCUT2D eigenvalue weighted by molar-refractivity contribution is 9.10. The van der Waals surface area contributed by atoms with E-state index in [1.807, 2.05) is 29.6 Å². The standard InChI is InChI=1S/C16H12BrFN2S/c17-12-5-6-14(18)13(7-12)16-20-15(9-21-16)11-3-1-10(8-19)2-4-11/h1-7,9H,8,19H2. The second-order valence-corrected chi connectivity index (χ2v) is 6.34. The largest absolute Gasteiger partial charge is 0.326 e. The molecule has 0 amide bonds. The third-order valence-electron chi connectivity index (χ3n) is 3.15. The molecule has 2 nitrogen and oxygen atoms in total. The molecule has 0 saturated heterocycles. The summed E-state index contributed by atoms with van der Waals surface area (Å²) in [6, 6.07) is 12.8. The zero-order valence-corrected chi connectivity index (χ0v) is 13.4. The topological polar surface area (TPSA) is 38.9 Å². The molecule has 0 spiro atoms. The predicted molar refractivity (Wildman–Crippen MR) is 88.5 cm³/mol. The summed E-state index contributed by atoms with van der Waals surface area (Å²) in [6.45, 7) is 0.520. The van der Waals surface area contributed by atoms with Crippen LogP contribution in [0.4, 0.5) is 4.39 Å². The van der Waals surface area contributed by atoms with E-state index in [0.29, 0.717) is 17.1 Å². The van der Waals surface area contributed by atoms with Gasteiger partial charge >= 0.3 is 0 Å². The molecule has 0 unspecified atom stereocenters. The number of rotatable bonds is 3. The Morgan fingerprint density at radius 3 is 2.62 bits per heavy atom. The molecule has 5 heteroatoms. The number of halogens is 2. The molecule has 1 heterocycles. The minimum atomic E-state index is -0.266. The summed E-state index contributed by atoms with van der Waals surface area (Å²) in [4.78, 5) is 4.53. The Hall–Kier alpha value is -1.56. The fourth-order valence-corrected chi connectivity index (χ4v) is 3.21. The molecule has 0 atom stereocenters. The van der Waals surface area contributed by atoms with E-state index in [9.17, 15) is 4.39 Å². The fourth-order valence-electron chi connectivity index (χ4n) is 2.00. The van der Waals surface area contributed by atoms with Gasteiger partial charge in [0.25, 0.3) is 0 Å². The van der Waals surface area contributed by atoms with Crippen molar-refractivity contribution in [3.05, 3.63) is 63.7 Å². The van der Waals surface area contributed by atoms with Gasteiger partial charge in [0, 0.05) is 27.5 Å². The highest BCUT2D eigenvalue weighted by Gasteiger charge is 2.11. The maximum Gasteiger partial charge on any atom is 0.133 e. The summed E-state index contributed by atoms with van der Waals surface area (Å²) in [7, 11) is 0. The summed E-state index contributed by atoms with van der Waals surface area (Å²) in [5.41, 5.74) is 9.03. The van der Waals surface area contributed by atoms with Crippen LogP contribution in [-0.4, -0.2) is 4.98 Å². The van der Waals surface area contributed by atoms with Gasteiger partial charge in [-0.05, 0) is 23.8 Å². The van der Waals surface area contributed by atoms with Gasteiger partial charge in [0.1, 0.15) is 10.8 Å². The minimum Gasteiger partial charge on any atom is -0.326 e. The quantitative estimate of drug-likeness (QED) is 0.723. The van der Waals surface area contributed by atoms with Crippen LogP contribution in [0.1, 0.15) is 5.56 Å². The van der Waals surface area contributed by atoms with Crippen LogP contribution in [0.2, 0.25) is 0 Å². The normalized spacial score (nSPS) is 10.8. The Labute approximate surface area is 134 Å². The van der Waals surface area contributed by atoms with Crippen LogP contribution >= 0.6 is 27.3 Å². The third kappa shape index (κ3) is 3.05. The van der Waals surface area contributed by atoms with Crippen molar-refractivity contribution in [2.24, 2.45) is 5.73 Å². The van der Waals surface area contributed by atoms with E-state index in [0.717, 1.165) is 21.3 Å². The smallest absolute Gasteiger partial charge is 0.133 e. The summed E-state index contributed by atoms with van der Waals surface area (Å²) in [5.74, 6) is -0.266. The molecule has 0 aliphatic carbocycles. The molecule has 0 fully saturated rings. The first-order valence-electron chi connectivity index (χ1n) is 6.37. The maximum atomic E-state index is 13.9. The van der Waals surface area contributed by atoms with Crippen molar-refractivity contribution < 1.29 is 4.39 Å². The Bertz CT molecular complexity index is 768. The number of hydrogen-bond acceptors (Lipinski definition) is 3. The summed E-state index contributed by atoms with van der Waals surface area (Å²) >= 11 is 4.79. The lowest BCUT2D eigenvalue weighted by Gasteiger charge is -2.01. The highest BCUT2D eigenvalue weighted by atomic mass is 79.9. The van der Waals surface area contributed by atoms with Gasteiger partial charge in [0.2, 0.25) is 0 Å². The lowest BCUT2D eigenvalue weighted by molar-refractivity contribution is 0.631. The number of nitrogens with two attached hydrogens (primary N) is 1. The lowest BCUT2D eigenvalue weighted by Crippen LogP contribution is -1.95. The van der Waals surface area contributed by atoms with E-state index in [1.54, 1.807) is 12.1 Å². The first-order valence-corrected chi connectivity index (χ1v) is 8.05. The molecule has 2 aromatic carbocycles. The Kier molecular flexibility index (Phi) is 4.14. The molecule has 3 aromatic rings. The Balaban J connectivity index is 1.97. The Morgan fingerprint density at radius 2 is 1.90 bits per heavy atom. The van der Waals surface area contributed by atoms with Crippen LogP contribution in [-0.2, 0) is 6.54 Å². The molecule has 0 aliphatic rings. The van der Waals surface area contributed by atoms with E-state index in [1.165, 1.54) is 17.4 Å². The van der Waals surface area contributed by atoms with E-state index in [-0.39, 0.29) is 5.82 Å². The average molecular weight is 363 g/mol. The van der Waals surface area contributed by atoms with Crippen molar-refractivity contribution in [2.75, 3.05) is 0 Å². The zero-order valence-electron chi connectivity index (χ0n) is 11.0. The molecule has 21 heavy (non-hydrogen) atoms. The zero-order chi connectivity index (χ0) is 14.8. The van der Waals surface area contributed by atoms with Gasteiger partial charge < -0.3 is 5.73 Å². The van der Waals surface area contributed by atoms with Crippen molar-refractivity contribution in [3.8, 4) is 21.8 Å². The number of thiazole rings is 1. The monoisotopic (exact) mass is 362 g/mol. The SMILES string of the molecule is NCc1ccc(-c2csc(-c3cc(Br)ccc3F)n2)cc1. The molecular formula is C16H12BrFN2S. The van der Waals surface area contributed by atoms with Gasteiger partial charge in [-0.15, -0.1) is 11.3 Å². The van der Waals surface area contributed by atoms with Crippen molar-refractivity contribution in [1.29, 1.82) is 0 Å². The number of benzene rings is 2. The fraction of sp³-hybridized carbons (Fsp3) is 0.0625. The van der Waals surface area contributed by atoms with Crippen molar-refractivity contribution in [3.63, 3.8) is 0 Å². The van der Waals surface area contributed by atoms with Gasteiger partial charge in [-0.2, -0.15) is 0 Å². The van der Waals surface area contributed by atoms with Crippen LogP contribution in [0.15, 0.2) is 52.3 Å². The number of aromatic nitrogens is 1. The van der Waals surface area contributed by atoms with E-state index < -0.39 is 0 Å².